The Morgan fingerprint density at radius 1 is 1.40 bits per heavy atom. The highest BCUT2D eigenvalue weighted by Gasteiger charge is 2.26. The predicted octanol–water partition coefficient (Wildman–Crippen LogP) is 0.613. The smallest absolute Gasteiger partial charge is 0.335 e. The molecule has 0 aromatic heterocycles. The van der Waals surface area contributed by atoms with Gasteiger partial charge in [0, 0.05) is 0 Å². The monoisotopic (exact) mass is 214 g/mol. The van der Waals surface area contributed by atoms with E-state index in [9.17, 15) is 14.3 Å². The molecular weight excluding hydrogens is 203 g/mol. The molecule has 0 saturated carbocycles. The van der Waals surface area contributed by atoms with Gasteiger partial charge in [-0.1, -0.05) is 12.1 Å². The van der Waals surface area contributed by atoms with Crippen molar-refractivity contribution < 1.29 is 24.5 Å². The summed E-state index contributed by atoms with van der Waals surface area (Å²) in [6.45, 7) is 1.41. The largest absolute Gasteiger partial charge is 0.479 e. The van der Waals surface area contributed by atoms with Gasteiger partial charge < -0.3 is 15.3 Å². The lowest BCUT2D eigenvalue weighted by Gasteiger charge is -2.16. The standard InChI is InChI=1S/C10H11FO4/c1-5-6(3-2-4-7(5)11)8(12)9(13)10(14)15/h2-4,8-9,12-13H,1H3,(H,14,15). The lowest BCUT2D eigenvalue weighted by Crippen LogP contribution is -2.28. The fourth-order valence-corrected chi connectivity index (χ4v) is 1.25. The van der Waals surface area contributed by atoms with Crippen molar-refractivity contribution in [2.45, 2.75) is 19.1 Å². The molecule has 0 spiro atoms. The zero-order chi connectivity index (χ0) is 11.6. The normalized spacial score (nSPS) is 14.7. The highest BCUT2D eigenvalue weighted by atomic mass is 19.1. The van der Waals surface area contributed by atoms with Gasteiger partial charge in [0.2, 0.25) is 0 Å². The quantitative estimate of drug-likeness (QED) is 0.689. The molecular formula is C10H11FO4. The molecule has 0 radical (unpaired) electrons. The summed E-state index contributed by atoms with van der Waals surface area (Å²) in [6.07, 6.45) is -3.58. The number of aliphatic hydroxyl groups is 2. The third-order valence-corrected chi connectivity index (χ3v) is 2.18. The number of carboxylic acids is 1. The van der Waals surface area contributed by atoms with Crippen LogP contribution in [-0.4, -0.2) is 27.4 Å². The summed E-state index contributed by atoms with van der Waals surface area (Å²) >= 11 is 0. The summed E-state index contributed by atoms with van der Waals surface area (Å²) in [5, 5.41) is 27.0. The topological polar surface area (TPSA) is 77.8 Å². The maximum Gasteiger partial charge on any atom is 0.335 e. The van der Waals surface area contributed by atoms with E-state index in [-0.39, 0.29) is 11.1 Å². The van der Waals surface area contributed by atoms with E-state index in [2.05, 4.69) is 0 Å². The van der Waals surface area contributed by atoms with Crippen LogP contribution in [0.3, 0.4) is 0 Å². The van der Waals surface area contributed by atoms with Gasteiger partial charge in [0.15, 0.2) is 6.10 Å². The molecule has 0 aliphatic rings. The molecule has 0 aliphatic carbocycles. The average Bonchev–Trinajstić information content (AvgIpc) is 2.20. The van der Waals surface area contributed by atoms with Crippen LogP contribution in [-0.2, 0) is 4.79 Å². The number of hydrogen-bond acceptors (Lipinski definition) is 3. The second-order valence-electron chi connectivity index (χ2n) is 3.18. The first kappa shape index (κ1) is 11.6. The Morgan fingerprint density at radius 3 is 2.53 bits per heavy atom. The molecule has 0 amide bonds. The number of halogens is 1. The van der Waals surface area contributed by atoms with Gasteiger partial charge in [-0.05, 0) is 24.1 Å². The Hall–Kier alpha value is -1.46. The van der Waals surface area contributed by atoms with E-state index < -0.39 is 24.0 Å². The van der Waals surface area contributed by atoms with Crippen molar-refractivity contribution >= 4 is 5.97 Å². The molecule has 1 rings (SSSR count). The van der Waals surface area contributed by atoms with Crippen molar-refractivity contribution in [3.63, 3.8) is 0 Å². The second-order valence-corrected chi connectivity index (χ2v) is 3.18. The molecule has 2 atom stereocenters. The number of aliphatic hydroxyl groups excluding tert-OH is 2. The number of rotatable bonds is 3. The summed E-state index contributed by atoms with van der Waals surface area (Å²) in [5.74, 6) is -2.10. The van der Waals surface area contributed by atoms with E-state index in [0.29, 0.717) is 0 Å². The highest BCUT2D eigenvalue weighted by molar-refractivity contribution is 5.73. The number of aliphatic carboxylic acids is 1. The summed E-state index contributed by atoms with van der Waals surface area (Å²) in [6, 6.07) is 3.91. The third-order valence-electron chi connectivity index (χ3n) is 2.18. The van der Waals surface area contributed by atoms with Crippen molar-refractivity contribution in [1.82, 2.24) is 0 Å². The van der Waals surface area contributed by atoms with Crippen molar-refractivity contribution in [2.24, 2.45) is 0 Å². The second kappa shape index (κ2) is 4.37. The van der Waals surface area contributed by atoms with Crippen LogP contribution in [0.1, 0.15) is 17.2 Å². The molecule has 0 aliphatic heterocycles. The predicted molar refractivity (Wildman–Crippen MR) is 49.7 cm³/mol. The first-order valence-corrected chi connectivity index (χ1v) is 4.29. The zero-order valence-corrected chi connectivity index (χ0v) is 8.01. The van der Waals surface area contributed by atoms with Gasteiger partial charge in [-0.15, -0.1) is 0 Å². The number of hydrogen-bond donors (Lipinski definition) is 3. The van der Waals surface area contributed by atoms with Crippen molar-refractivity contribution in [2.75, 3.05) is 0 Å². The molecule has 2 unspecified atom stereocenters. The molecule has 82 valence electrons. The van der Waals surface area contributed by atoms with E-state index in [4.69, 9.17) is 10.2 Å². The van der Waals surface area contributed by atoms with Gasteiger partial charge in [-0.3, -0.25) is 0 Å². The maximum atomic E-state index is 13.1. The van der Waals surface area contributed by atoms with Crippen LogP contribution < -0.4 is 0 Å². The molecule has 1 aromatic carbocycles. The number of benzene rings is 1. The van der Waals surface area contributed by atoms with Crippen LogP contribution in [0.15, 0.2) is 18.2 Å². The van der Waals surface area contributed by atoms with Crippen LogP contribution in [0, 0.1) is 12.7 Å². The Kier molecular flexibility index (Phi) is 3.39. The fourth-order valence-electron chi connectivity index (χ4n) is 1.25. The van der Waals surface area contributed by atoms with Gasteiger partial charge in [0.25, 0.3) is 0 Å². The molecule has 4 nitrogen and oxygen atoms in total. The van der Waals surface area contributed by atoms with Crippen molar-refractivity contribution in [3.05, 3.63) is 35.1 Å². The lowest BCUT2D eigenvalue weighted by molar-refractivity contribution is -0.153. The summed E-state index contributed by atoms with van der Waals surface area (Å²) < 4.78 is 13.1. The Morgan fingerprint density at radius 2 is 2.00 bits per heavy atom. The highest BCUT2D eigenvalue weighted by Crippen LogP contribution is 2.22. The zero-order valence-electron chi connectivity index (χ0n) is 8.01. The molecule has 0 saturated heterocycles. The van der Waals surface area contributed by atoms with Gasteiger partial charge in [0.1, 0.15) is 11.9 Å². The number of carboxylic acid groups (broad SMARTS) is 1. The van der Waals surface area contributed by atoms with Gasteiger partial charge in [-0.25, -0.2) is 9.18 Å². The van der Waals surface area contributed by atoms with Gasteiger partial charge in [-0.2, -0.15) is 0 Å². The van der Waals surface area contributed by atoms with Crippen molar-refractivity contribution in [3.8, 4) is 0 Å². The van der Waals surface area contributed by atoms with E-state index in [1.165, 1.54) is 25.1 Å². The fraction of sp³-hybridized carbons (Fsp3) is 0.300. The van der Waals surface area contributed by atoms with Gasteiger partial charge >= 0.3 is 5.97 Å². The summed E-state index contributed by atoms with van der Waals surface area (Å²) in [5.41, 5.74) is 0.204. The minimum Gasteiger partial charge on any atom is -0.479 e. The minimum absolute atomic E-state index is 0.0740. The first-order valence-electron chi connectivity index (χ1n) is 4.29. The number of carbonyl (C=O) groups is 1. The molecule has 0 bridgehead atoms. The van der Waals surface area contributed by atoms with Crippen LogP contribution in [0.25, 0.3) is 0 Å². The minimum atomic E-state index is -1.95. The van der Waals surface area contributed by atoms with Crippen LogP contribution in [0.5, 0.6) is 0 Å². The summed E-state index contributed by atoms with van der Waals surface area (Å²) in [4.78, 5) is 10.4. The SMILES string of the molecule is Cc1c(F)cccc1C(O)C(O)C(=O)O. The van der Waals surface area contributed by atoms with Crippen LogP contribution in [0.2, 0.25) is 0 Å². The maximum absolute atomic E-state index is 13.1. The Balaban J connectivity index is 3.06. The average molecular weight is 214 g/mol. The third kappa shape index (κ3) is 2.31. The van der Waals surface area contributed by atoms with E-state index in [1.54, 1.807) is 0 Å². The first-order chi connectivity index (χ1) is 6.95. The molecule has 5 heteroatoms. The Bertz CT molecular complexity index is 378. The molecule has 0 heterocycles. The Labute approximate surface area is 85.6 Å². The molecule has 3 N–H and O–H groups in total. The molecule has 0 fully saturated rings. The van der Waals surface area contributed by atoms with E-state index >= 15 is 0 Å². The molecule has 15 heavy (non-hydrogen) atoms. The van der Waals surface area contributed by atoms with E-state index in [1.807, 2.05) is 0 Å². The lowest BCUT2D eigenvalue weighted by atomic mass is 9.99. The van der Waals surface area contributed by atoms with E-state index in [0.717, 1.165) is 0 Å². The van der Waals surface area contributed by atoms with Gasteiger partial charge in [0.05, 0.1) is 0 Å². The van der Waals surface area contributed by atoms with Crippen LogP contribution >= 0.6 is 0 Å². The summed E-state index contributed by atoms with van der Waals surface area (Å²) in [7, 11) is 0. The molecule has 1 aromatic rings. The van der Waals surface area contributed by atoms with Crippen LogP contribution in [0.4, 0.5) is 4.39 Å². The van der Waals surface area contributed by atoms with Crippen molar-refractivity contribution in [1.29, 1.82) is 0 Å².